The van der Waals surface area contributed by atoms with Crippen LogP contribution in [-0.2, 0) is 0 Å². The number of halogens is 1. The van der Waals surface area contributed by atoms with Crippen molar-refractivity contribution in [3.63, 3.8) is 0 Å². The standard InChI is InChI=1S/C12H13ClN2S2/c1-8(14)11(17-12-15-6-7-16-12)9-2-4-10(13)5-3-9/h2-8,11H,14H2,1H3. The topological polar surface area (TPSA) is 38.9 Å². The molecule has 0 fully saturated rings. The Balaban J connectivity index is 2.20. The Morgan fingerprint density at radius 2 is 2.06 bits per heavy atom. The van der Waals surface area contributed by atoms with Crippen molar-refractivity contribution in [1.82, 2.24) is 4.98 Å². The molecule has 0 aliphatic carbocycles. The van der Waals surface area contributed by atoms with E-state index in [2.05, 4.69) is 4.98 Å². The molecule has 1 aromatic heterocycles. The van der Waals surface area contributed by atoms with Gasteiger partial charge in [0.15, 0.2) is 0 Å². The summed E-state index contributed by atoms with van der Waals surface area (Å²) in [6.07, 6.45) is 1.81. The van der Waals surface area contributed by atoms with Gasteiger partial charge in [-0.3, -0.25) is 0 Å². The Bertz CT molecular complexity index is 454. The van der Waals surface area contributed by atoms with E-state index in [1.54, 1.807) is 23.1 Å². The second-order valence-electron chi connectivity index (χ2n) is 3.75. The third-order valence-electron chi connectivity index (χ3n) is 2.31. The van der Waals surface area contributed by atoms with Gasteiger partial charge in [0.2, 0.25) is 0 Å². The van der Waals surface area contributed by atoms with Crippen molar-refractivity contribution in [1.29, 1.82) is 0 Å². The molecule has 0 amide bonds. The summed E-state index contributed by atoms with van der Waals surface area (Å²) in [5.41, 5.74) is 7.23. The fraction of sp³-hybridized carbons (Fsp3) is 0.250. The van der Waals surface area contributed by atoms with E-state index in [4.69, 9.17) is 17.3 Å². The van der Waals surface area contributed by atoms with Crippen molar-refractivity contribution in [3.8, 4) is 0 Å². The summed E-state index contributed by atoms with van der Waals surface area (Å²) in [4.78, 5) is 4.28. The third kappa shape index (κ3) is 3.45. The highest BCUT2D eigenvalue weighted by Gasteiger charge is 2.18. The van der Waals surface area contributed by atoms with Crippen LogP contribution in [0.3, 0.4) is 0 Å². The van der Waals surface area contributed by atoms with Gasteiger partial charge in [0.25, 0.3) is 0 Å². The van der Waals surface area contributed by atoms with Crippen LogP contribution in [0.1, 0.15) is 17.7 Å². The highest BCUT2D eigenvalue weighted by Crippen LogP contribution is 2.38. The normalized spacial score (nSPS) is 14.5. The molecule has 2 unspecified atom stereocenters. The first-order valence-corrected chi connectivity index (χ1v) is 7.38. The van der Waals surface area contributed by atoms with E-state index in [0.29, 0.717) is 0 Å². The fourth-order valence-electron chi connectivity index (χ4n) is 1.51. The van der Waals surface area contributed by atoms with Gasteiger partial charge in [-0.05, 0) is 24.6 Å². The summed E-state index contributed by atoms with van der Waals surface area (Å²) in [7, 11) is 0. The summed E-state index contributed by atoms with van der Waals surface area (Å²) in [6, 6.07) is 7.90. The molecule has 90 valence electrons. The van der Waals surface area contributed by atoms with Crippen LogP contribution in [0.5, 0.6) is 0 Å². The number of aromatic nitrogens is 1. The fourth-order valence-corrected chi connectivity index (χ4v) is 3.54. The smallest absolute Gasteiger partial charge is 0.150 e. The van der Waals surface area contributed by atoms with Crippen molar-refractivity contribution in [2.45, 2.75) is 22.6 Å². The Labute approximate surface area is 114 Å². The van der Waals surface area contributed by atoms with E-state index < -0.39 is 0 Å². The molecular formula is C12H13ClN2S2. The maximum Gasteiger partial charge on any atom is 0.150 e. The van der Waals surface area contributed by atoms with E-state index in [-0.39, 0.29) is 11.3 Å². The monoisotopic (exact) mass is 284 g/mol. The molecule has 2 atom stereocenters. The van der Waals surface area contributed by atoms with E-state index in [0.717, 1.165) is 9.36 Å². The SMILES string of the molecule is CC(N)C(Sc1nccs1)c1ccc(Cl)cc1. The van der Waals surface area contributed by atoms with Crippen LogP contribution < -0.4 is 5.73 Å². The van der Waals surface area contributed by atoms with Crippen molar-refractivity contribution < 1.29 is 0 Å². The Kier molecular flexibility index (Phi) is 4.45. The lowest BCUT2D eigenvalue weighted by atomic mass is 10.1. The number of hydrogen-bond donors (Lipinski definition) is 1. The van der Waals surface area contributed by atoms with Crippen LogP contribution in [0.15, 0.2) is 40.2 Å². The van der Waals surface area contributed by atoms with Crippen LogP contribution >= 0.6 is 34.7 Å². The molecule has 2 nitrogen and oxygen atoms in total. The first kappa shape index (κ1) is 12.9. The van der Waals surface area contributed by atoms with E-state index >= 15 is 0 Å². The number of benzene rings is 1. The molecule has 1 heterocycles. The average molecular weight is 285 g/mol. The van der Waals surface area contributed by atoms with Crippen molar-refractivity contribution in [3.05, 3.63) is 46.4 Å². The first-order valence-electron chi connectivity index (χ1n) is 5.24. The quantitative estimate of drug-likeness (QED) is 0.863. The molecule has 0 radical (unpaired) electrons. The number of nitrogens with zero attached hydrogens (tertiary/aromatic N) is 1. The molecule has 17 heavy (non-hydrogen) atoms. The molecule has 0 aliphatic heterocycles. The Hall–Kier alpha value is -0.550. The molecule has 0 spiro atoms. The van der Waals surface area contributed by atoms with Crippen molar-refractivity contribution in [2.75, 3.05) is 0 Å². The second kappa shape index (κ2) is 5.87. The highest BCUT2D eigenvalue weighted by atomic mass is 35.5. The molecular weight excluding hydrogens is 272 g/mol. The lowest BCUT2D eigenvalue weighted by Crippen LogP contribution is -2.22. The van der Waals surface area contributed by atoms with Crippen molar-refractivity contribution in [2.24, 2.45) is 5.73 Å². The zero-order valence-corrected chi connectivity index (χ0v) is 11.7. The van der Waals surface area contributed by atoms with Crippen LogP contribution in [0.25, 0.3) is 0 Å². The van der Waals surface area contributed by atoms with Gasteiger partial charge in [-0.25, -0.2) is 4.98 Å². The summed E-state index contributed by atoms with van der Waals surface area (Å²) >= 11 is 9.23. The van der Waals surface area contributed by atoms with Gasteiger partial charge in [-0.1, -0.05) is 35.5 Å². The van der Waals surface area contributed by atoms with E-state index in [1.165, 1.54) is 5.56 Å². The number of rotatable bonds is 4. The van der Waals surface area contributed by atoms with Crippen LogP contribution in [-0.4, -0.2) is 11.0 Å². The lowest BCUT2D eigenvalue weighted by molar-refractivity contribution is 0.721. The minimum atomic E-state index is 0.0603. The van der Waals surface area contributed by atoms with Crippen molar-refractivity contribution >= 4 is 34.7 Å². The lowest BCUT2D eigenvalue weighted by Gasteiger charge is -2.19. The molecule has 5 heteroatoms. The highest BCUT2D eigenvalue weighted by molar-refractivity contribution is 8.01. The van der Waals surface area contributed by atoms with Gasteiger partial charge in [-0.15, -0.1) is 11.3 Å². The third-order valence-corrected chi connectivity index (χ3v) is 4.97. The molecule has 2 rings (SSSR count). The molecule has 2 N–H and O–H groups in total. The summed E-state index contributed by atoms with van der Waals surface area (Å²) < 4.78 is 1.04. The maximum atomic E-state index is 6.05. The van der Waals surface area contributed by atoms with Gasteiger partial charge < -0.3 is 5.73 Å². The Morgan fingerprint density at radius 3 is 2.59 bits per heavy atom. The van der Waals surface area contributed by atoms with Crippen LogP contribution in [0.4, 0.5) is 0 Å². The molecule has 0 saturated carbocycles. The molecule has 2 aromatic rings. The molecule has 0 aliphatic rings. The van der Waals surface area contributed by atoms with E-state index in [1.807, 2.05) is 42.8 Å². The minimum absolute atomic E-state index is 0.0603. The predicted molar refractivity (Wildman–Crippen MR) is 75.8 cm³/mol. The van der Waals surface area contributed by atoms with Gasteiger partial charge in [0.05, 0.1) is 5.25 Å². The van der Waals surface area contributed by atoms with Gasteiger partial charge >= 0.3 is 0 Å². The maximum absolute atomic E-state index is 6.05. The van der Waals surface area contributed by atoms with E-state index in [9.17, 15) is 0 Å². The van der Waals surface area contributed by atoms with Gasteiger partial charge in [0.1, 0.15) is 4.34 Å². The predicted octanol–water partition coefficient (Wildman–Crippen LogP) is 3.98. The largest absolute Gasteiger partial charge is 0.327 e. The number of thioether (sulfide) groups is 1. The number of nitrogens with two attached hydrogens (primary N) is 1. The summed E-state index contributed by atoms with van der Waals surface area (Å²) in [5.74, 6) is 0. The Morgan fingerprint density at radius 1 is 1.35 bits per heavy atom. The minimum Gasteiger partial charge on any atom is -0.327 e. The van der Waals surface area contributed by atoms with Crippen LogP contribution in [0, 0.1) is 0 Å². The average Bonchev–Trinajstić information content (AvgIpc) is 2.80. The molecule has 0 bridgehead atoms. The molecule has 0 saturated heterocycles. The van der Waals surface area contributed by atoms with Crippen LogP contribution in [0.2, 0.25) is 5.02 Å². The molecule has 1 aromatic carbocycles. The first-order chi connectivity index (χ1) is 8.16. The number of hydrogen-bond acceptors (Lipinski definition) is 4. The zero-order chi connectivity index (χ0) is 12.3. The number of thiazole rings is 1. The summed E-state index contributed by atoms with van der Waals surface area (Å²) in [5, 5.41) is 2.93. The zero-order valence-electron chi connectivity index (χ0n) is 9.34. The summed E-state index contributed by atoms with van der Waals surface area (Å²) in [6.45, 7) is 2.01. The van der Waals surface area contributed by atoms with Gasteiger partial charge in [-0.2, -0.15) is 0 Å². The second-order valence-corrected chi connectivity index (χ2v) is 6.47. The van der Waals surface area contributed by atoms with Gasteiger partial charge in [0, 0.05) is 22.6 Å².